The van der Waals surface area contributed by atoms with E-state index in [0.29, 0.717) is 31.0 Å². The molecule has 0 saturated carbocycles. The van der Waals surface area contributed by atoms with Gasteiger partial charge in [-0.15, -0.1) is 11.3 Å². The van der Waals surface area contributed by atoms with Crippen LogP contribution in [0, 0.1) is 0 Å². The average molecular weight is 310 g/mol. The first-order valence-corrected chi connectivity index (χ1v) is 6.85. The minimum atomic E-state index is -4.67. The Balaban J connectivity index is 2.04. The zero-order valence-corrected chi connectivity index (χ0v) is 11.5. The maximum absolute atomic E-state index is 12.6. The third kappa shape index (κ3) is 3.47. The molecule has 112 valence electrons. The van der Waals surface area contributed by atoms with Crippen LogP contribution in [-0.4, -0.2) is 48.4 Å². The van der Waals surface area contributed by atoms with Gasteiger partial charge in [-0.3, -0.25) is 4.90 Å². The van der Waals surface area contributed by atoms with Crippen molar-refractivity contribution in [3.8, 4) is 0 Å². The number of morpholine rings is 1. The fourth-order valence-corrected chi connectivity index (χ4v) is 2.48. The van der Waals surface area contributed by atoms with Crippen molar-refractivity contribution in [1.29, 1.82) is 0 Å². The molecule has 0 amide bonds. The van der Waals surface area contributed by atoms with Crippen molar-refractivity contribution in [3.63, 3.8) is 0 Å². The highest BCUT2D eigenvalue weighted by Gasteiger charge is 2.39. The first-order valence-electron chi connectivity index (χ1n) is 5.97. The highest BCUT2D eigenvalue weighted by molar-refractivity contribution is 7.11. The maximum atomic E-state index is 12.6. The first kappa shape index (κ1) is 15.2. The predicted octanol–water partition coefficient (Wildman–Crippen LogP) is 2.00. The van der Waals surface area contributed by atoms with E-state index in [1.165, 1.54) is 0 Å². The normalized spacial score (nSPS) is 20.9. The highest BCUT2D eigenvalue weighted by atomic mass is 32.1. The van der Waals surface area contributed by atoms with Crippen LogP contribution >= 0.6 is 11.3 Å². The molecule has 2 rings (SSSR count). The van der Waals surface area contributed by atoms with Crippen LogP contribution in [0.1, 0.15) is 22.3 Å². The van der Waals surface area contributed by atoms with Crippen LogP contribution in [0.3, 0.4) is 0 Å². The molecule has 1 unspecified atom stereocenters. The SMILES string of the molecule is CCN1CCOC(OC(=O)c2scnc2C(F)(F)F)C1. The van der Waals surface area contributed by atoms with Gasteiger partial charge in [0.25, 0.3) is 0 Å². The number of rotatable bonds is 3. The number of likely N-dealkylation sites (N-methyl/N-ethyl adjacent to an activating group) is 1. The molecule has 2 heterocycles. The number of halogens is 3. The second kappa shape index (κ2) is 6.06. The van der Waals surface area contributed by atoms with Crippen LogP contribution in [0.5, 0.6) is 0 Å². The summed E-state index contributed by atoms with van der Waals surface area (Å²) in [7, 11) is 0. The Bertz CT molecular complexity index is 478. The lowest BCUT2D eigenvalue weighted by atomic mass is 10.3. The summed E-state index contributed by atoms with van der Waals surface area (Å²) >= 11 is 0.605. The van der Waals surface area contributed by atoms with E-state index in [2.05, 4.69) is 4.98 Å². The summed E-state index contributed by atoms with van der Waals surface area (Å²) in [6.45, 7) is 4.13. The Labute approximate surface area is 117 Å². The van der Waals surface area contributed by atoms with E-state index in [1.54, 1.807) is 0 Å². The van der Waals surface area contributed by atoms with E-state index in [0.717, 1.165) is 12.1 Å². The van der Waals surface area contributed by atoms with Gasteiger partial charge in [0.2, 0.25) is 6.29 Å². The maximum Gasteiger partial charge on any atom is 0.435 e. The minimum Gasteiger partial charge on any atom is -0.430 e. The summed E-state index contributed by atoms with van der Waals surface area (Å²) in [6.07, 6.45) is -5.52. The number of aromatic nitrogens is 1. The Morgan fingerprint density at radius 3 is 3.05 bits per heavy atom. The molecule has 5 nitrogen and oxygen atoms in total. The molecule has 1 aromatic rings. The van der Waals surface area contributed by atoms with Crippen molar-refractivity contribution < 1.29 is 27.4 Å². The first-order chi connectivity index (χ1) is 9.41. The summed E-state index contributed by atoms with van der Waals surface area (Å²) in [4.78, 5) is 16.4. The van der Waals surface area contributed by atoms with Gasteiger partial charge in [0, 0.05) is 6.54 Å². The van der Waals surface area contributed by atoms with Crippen molar-refractivity contribution >= 4 is 17.3 Å². The summed E-state index contributed by atoms with van der Waals surface area (Å²) in [6, 6.07) is 0. The zero-order valence-electron chi connectivity index (χ0n) is 10.6. The lowest BCUT2D eigenvalue weighted by Crippen LogP contribution is -2.44. The van der Waals surface area contributed by atoms with Crippen LogP contribution in [-0.2, 0) is 15.7 Å². The molecule has 1 atom stereocenters. The van der Waals surface area contributed by atoms with Crippen molar-refractivity contribution in [1.82, 2.24) is 9.88 Å². The fourth-order valence-electron chi connectivity index (χ4n) is 1.79. The molecule has 0 aliphatic carbocycles. The van der Waals surface area contributed by atoms with Gasteiger partial charge < -0.3 is 9.47 Å². The number of ether oxygens (including phenoxy) is 2. The summed E-state index contributed by atoms with van der Waals surface area (Å²) < 4.78 is 48.1. The number of carbonyl (C=O) groups is 1. The number of esters is 1. The molecule has 0 spiro atoms. The monoisotopic (exact) mass is 310 g/mol. The molecule has 20 heavy (non-hydrogen) atoms. The topological polar surface area (TPSA) is 51.7 Å². The molecule has 9 heteroatoms. The quantitative estimate of drug-likeness (QED) is 0.799. The van der Waals surface area contributed by atoms with Gasteiger partial charge in [-0.2, -0.15) is 13.2 Å². The highest BCUT2D eigenvalue weighted by Crippen LogP contribution is 2.33. The van der Waals surface area contributed by atoms with Gasteiger partial charge in [0.05, 0.1) is 18.7 Å². The van der Waals surface area contributed by atoms with Crippen LogP contribution in [0.2, 0.25) is 0 Å². The van der Waals surface area contributed by atoms with Crippen molar-refractivity contribution in [3.05, 3.63) is 16.1 Å². The van der Waals surface area contributed by atoms with Crippen molar-refractivity contribution in [2.24, 2.45) is 0 Å². The minimum absolute atomic E-state index is 0.350. The molecular formula is C11H13F3N2O3S. The van der Waals surface area contributed by atoms with Crippen molar-refractivity contribution in [2.45, 2.75) is 19.4 Å². The zero-order chi connectivity index (χ0) is 14.8. The van der Waals surface area contributed by atoms with Gasteiger partial charge in [0.15, 0.2) is 5.69 Å². The summed E-state index contributed by atoms with van der Waals surface area (Å²) in [5.41, 5.74) is -0.241. The second-order valence-corrected chi connectivity index (χ2v) is 4.98. The Kier molecular flexibility index (Phi) is 4.61. The summed E-state index contributed by atoms with van der Waals surface area (Å²) in [5.74, 6) is -1.05. The lowest BCUT2D eigenvalue weighted by Gasteiger charge is -2.31. The number of nitrogens with zero attached hydrogens (tertiary/aromatic N) is 2. The van der Waals surface area contributed by atoms with E-state index in [4.69, 9.17) is 9.47 Å². The standard InChI is InChI=1S/C11H13F3N2O3S/c1-2-16-3-4-18-7(5-16)19-10(17)8-9(11(12,13)14)15-6-20-8/h6-7H,2-5H2,1H3. The third-order valence-electron chi connectivity index (χ3n) is 2.83. The van der Waals surface area contributed by atoms with Gasteiger partial charge in [-0.25, -0.2) is 9.78 Å². The Morgan fingerprint density at radius 2 is 2.40 bits per heavy atom. The lowest BCUT2D eigenvalue weighted by molar-refractivity contribution is -0.152. The molecule has 0 radical (unpaired) electrons. The molecule has 1 aliphatic heterocycles. The van der Waals surface area contributed by atoms with Crippen LogP contribution < -0.4 is 0 Å². The van der Waals surface area contributed by atoms with E-state index >= 15 is 0 Å². The average Bonchev–Trinajstić information content (AvgIpc) is 2.88. The van der Waals surface area contributed by atoms with Gasteiger partial charge in [0.1, 0.15) is 4.88 Å². The smallest absolute Gasteiger partial charge is 0.430 e. The van der Waals surface area contributed by atoms with Crippen LogP contribution in [0.15, 0.2) is 5.51 Å². The predicted molar refractivity (Wildman–Crippen MR) is 64.4 cm³/mol. The molecule has 1 saturated heterocycles. The fraction of sp³-hybridized carbons (Fsp3) is 0.636. The molecule has 1 fully saturated rings. The Morgan fingerprint density at radius 1 is 1.65 bits per heavy atom. The number of hydrogen-bond donors (Lipinski definition) is 0. The molecule has 0 aromatic carbocycles. The molecule has 0 N–H and O–H groups in total. The van der Waals surface area contributed by atoms with E-state index in [9.17, 15) is 18.0 Å². The van der Waals surface area contributed by atoms with Crippen molar-refractivity contribution in [2.75, 3.05) is 26.2 Å². The van der Waals surface area contributed by atoms with Gasteiger partial charge in [-0.05, 0) is 6.54 Å². The van der Waals surface area contributed by atoms with Crippen LogP contribution in [0.25, 0.3) is 0 Å². The molecular weight excluding hydrogens is 297 g/mol. The van der Waals surface area contributed by atoms with Gasteiger partial charge in [-0.1, -0.05) is 6.92 Å². The molecule has 0 bridgehead atoms. The third-order valence-corrected chi connectivity index (χ3v) is 3.63. The van der Waals surface area contributed by atoms with E-state index in [-0.39, 0.29) is 0 Å². The summed E-state index contributed by atoms with van der Waals surface area (Å²) in [5, 5.41) is 0. The largest absolute Gasteiger partial charge is 0.435 e. The molecule has 1 aliphatic rings. The number of hydrogen-bond acceptors (Lipinski definition) is 6. The van der Waals surface area contributed by atoms with Crippen LogP contribution in [0.4, 0.5) is 13.2 Å². The number of alkyl halides is 3. The second-order valence-electron chi connectivity index (χ2n) is 4.13. The number of thiazole rings is 1. The molecule has 1 aromatic heterocycles. The van der Waals surface area contributed by atoms with E-state index < -0.39 is 29.0 Å². The van der Waals surface area contributed by atoms with E-state index in [1.807, 2.05) is 11.8 Å². The van der Waals surface area contributed by atoms with Gasteiger partial charge >= 0.3 is 12.1 Å². The number of carbonyl (C=O) groups excluding carboxylic acids is 1. The Hall–Kier alpha value is -1.19.